The summed E-state index contributed by atoms with van der Waals surface area (Å²) in [4.78, 5) is 13.8. The van der Waals surface area contributed by atoms with Gasteiger partial charge in [-0.25, -0.2) is 0 Å². The molecule has 0 aliphatic carbocycles. The normalized spacial score (nSPS) is 25.6. The van der Waals surface area contributed by atoms with Crippen LogP contribution < -0.4 is 0 Å². The van der Waals surface area contributed by atoms with Crippen molar-refractivity contribution in [3.8, 4) is 0 Å². The van der Waals surface area contributed by atoms with Gasteiger partial charge in [0.25, 0.3) is 0 Å². The van der Waals surface area contributed by atoms with Gasteiger partial charge in [-0.2, -0.15) is 0 Å². The standard InChI is InChI=1S/C16H31NO2/c1-6-16(5,14(18)19)12-17-10-7-8-13(9-11-17)15(2,3)4/h13H,6-12H2,1-5H3,(H,18,19). The van der Waals surface area contributed by atoms with Crippen LogP contribution in [0.2, 0.25) is 0 Å². The van der Waals surface area contributed by atoms with Crippen molar-refractivity contribution in [2.75, 3.05) is 19.6 Å². The van der Waals surface area contributed by atoms with Gasteiger partial charge in [0.2, 0.25) is 0 Å². The lowest BCUT2D eigenvalue weighted by atomic mass is 9.77. The maximum absolute atomic E-state index is 11.4. The van der Waals surface area contributed by atoms with Gasteiger partial charge in [0.05, 0.1) is 5.41 Å². The Bertz CT molecular complexity index is 308. The first-order valence-corrected chi connectivity index (χ1v) is 7.65. The molecule has 112 valence electrons. The summed E-state index contributed by atoms with van der Waals surface area (Å²) >= 11 is 0. The van der Waals surface area contributed by atoms with Crippen LogP contribution in [0.15, 0.2) is 0 Å². The van der Waals surface area contributed by atoms with Gasteiger partial charge < -0.3 is 10.0 Å². The molecule has 0 radical (unpaired) electrons. The lowest BCUT2D eigenvalue weighted by molar-refractivity contribution is -0.149. The minimum atomic E-state index is -0.661. The van der Waals surface area contributed by atoms with Crippen LogP contribution in [0.4, 0.5) is 0 Å². The predicted octanol–water partition coefficient (Wildman–Crippen LogP) is 3.64. The number of carboxylic acid groups (broad SMARTS) is 1. The van der Waals surface area contributed by atoms with E-state index in [-0.39, 0.29) is 0 Å². The zero-order valence-corrected chi connectivity index (χ0v) is 13.3. The lowest BCUT2D eigenvalue weighted by Crippen LogP contribution is -2.41. The van der Waals surface area contributed by atoms with Crippen molar-refractivity contribution in [2.24, 2.45) is 16.7 Å². The molecule has 1 saturated heterocycles. The molecular formula is C16H31NO2. The van der Waals surface area contributed by atoms with Gasteiger partial charge in [0.1, 0.15) is 0 Å². The van der Waals surface area contributed by atoms with Crippen molar-refractivity contribution < 1.29 is 9.90 Å². The topological polar surface area (TPSA) is 40.5 Å². The molecule has 1 heterocycles. The van der Waals surface area contributed by atoms with Crippen LogP contribution in [0.3, 0.4) is 0 Å². The van der Waals surface area contributed by atoms with Gasteiger partial charge in [-0.3, -0.25) is 4.79 Å². The summed E-state index contributed by atoms with van der Waals surface area (Å²) in [5.41, 5.74) is -0.224. The van der Waals surface area contributed by atoms with Crippen LogP contribution in [0.25, 0.3) is 0 Å². The van der Waals surface area contributed by atoms with Crippen LogP contribution in [0.1, 0.15) is 60.3 Å². The van der Waals surface area contributed by atoms with E-state index in [9.17, 15) is 9.90 Å². The van der Waals surface area contributed by atoms with E-state index in [0.717, 1.165) is 19.0 Å². The Balaban J connectivity index is 2.61. The Kier molecular flexibility index (Phi) is 5.43. The minimum absolute atomic E-state index is 0.372. The largest absolute Gasteiger partial charge is 0.481 e. The van der Waals surface area contributed by atoms with Gasteiger partial charge in [-0.05, 0) is 57.0 Å². The van der Waals surface area contributed by atoms with E-state index in [0.29, 0.717) is 18.4 Å². The first-order valence-electron chi connectivity index (χ1n) is 7.65. The van der Waals surface area contributed by atoms with Crippen molar-refractivity contribution in [2.45, 2.75) is 60.3 Å². The quantitative estimate of drug-likeness (QED) is 0.847. The SMILES string of the molecule is CCC(C)(CN1CCCC(C(C)(C)C)CC1)C(=O)O. The molecule has 1 rings (SSSR count). The van der Waals surface area contributed by atoms with Crippen molar-refractivity contribution >= 4 is 5.97 Å². The molecule has 0 saturated carbocycles. The minimum Gasteiger partial charge on any atom is -0.481 e. The fourth-order valence-electron chi connectivity index (χ4n) is 3.00. The fraction of sp³-hybridized carbons (Fsp3) is 0.938. The van der Waals surface area contributed by atoms with Crippen LogP contribution in [0.5, 0.6) is 0 Å². The molecule has 0 aromatic carbocycles. The molecule has 0 aromatic heterocycles. The molecule has 2 unspecified atom stereocenters. The highest BCUT2D eigenvalue weighted by Gasteiger charge is 2.34. The van der Waals surface area contributed by atoms with Crippen LogP contribution in [0, 0.1) is 16.7 Å². The molecule has 0 aromatic rings. The molecule has 0 bridgehead atoms. The second-order valence-electron chi connectivity index (χ2n) is 7.49. The van der Waals surface area contributed by atoms with Gasteiger partial charge in [-0.15, -0.1) is 0 Å². The number of hydrogen-bond donors (Lipinski definition) is 1. The second-order valence-corrected chi connectivity index (χ2v) is 7.49. The summed E-state index contributed by atoms with van der Waals surface area (Å²) < 4.78 is 0. The van der Waals surface area contributed by atoms with E-state index in [1.165, 1.54) is 19.3 Å². The smallest absolute Gasteiger partial charge is 0.310 e. The molecule has 0 spiro atoms. The molecule has 0 amide bonds. The molecule has 1 N–H and O–H groups in total. The van der Waals surface area contributed by atoms with E-state index in [4.69, 9.17) is 0 Å². The number of carbonyl (C=O) groups is 1. The molecule has 1 fully saturated rings. The number of hydrogen-bond acceptors (Lipinski definition) is 2. The van der Waals surface area contributed by atoms with Crippen LogP contribution in [-0.4, -0.2) is 35.6 Å². The number of aliphatic carboxylic acids is 1. The third kappa shape index (κ3) is 4.48. The lowest BCUT2D eigenvalue weighted by Gasteiger charge is -2.32. The molecule has 1 aliphatic heterocycles. The van der Waals surface area contributed by atoms with Gasteiger partial charge in [0.15, 0.2) is 0 Å². The molecule has 1 aliphatic rings. The molecule has 3 nitrogen and oxygen atoms in total. The van der Waals surface area contributed by atoms with Crippen LogP contribution >= 0.6 is 0 Å². The summed E-state index contributed by atoms with van der Waals surface area (Å²) in [6.07, 6.45) is 4.36. The predicted molar refractivity (Wildman–Crippen MR) is 79.3 cm³/mol. The number of carboxylic acids is 1. The third-order valence-electron chi connectivity index (χ3n) is 4.91. The zero-order valence-electron chi connectivity index (χ0n) is 13.3. The molecule has 2 atom stereocenters. The highest BCUT2D eigenvalue weighted by atomic mass is 16.4. The van der Waals surface area contributed by atoms with Crippen LogP contribution in [-0.2, 0) is 4.79 Å². The number of rotatable bonds is 4. The Hall–Kier alpha value is -0.570. The average Bonchev–Trinajstić information content (AvgIpc) is 2.53. The first kappa shape index (κ1) is 16.5. The molecular weight excluding hydrogens is 238 g/mol. The summed E-state index contributed by atoms with van der Waals surface area (Å²) in [6, 6.07) is 0. The monoisotopic (exact) mass is 269 g/mol. The third-order valence-corrected chi connectivity index (χ3v) is 4.91. The molecule has 3 heteroatoms. The fourth-order valence-corrected chi connectivity index (χ4v) is 3.00. The van der Waals surface area contributed by atoms with E-state index in [1.54, 1.807) is 0 Å². The Morgan fingerprint density at radius 2 is 1.84 bits per heavy atom. The van der Waals surface area contributed by atoms with Crippen molar-refractivity contribution in [1.29, 1.82) is 0 Å². The second kappa shape index (κ2) is 6.25. The summed E-state index contributed by atoms with van der Waals surface area (Å²) in [6.45, 7) is 13.6. The maximum Gasteiger partial charge on any atom is 0.310 e. The van der Waals surface area contributed by atoms with Gasteiger partial charge in [0, 0.05) is 6.54 Å². The molecule has 19 heavy (non-hydrogen) atoms. The Labute approximate surface area is 118 Å². The maximum atomic E-state index is 11.4. The van der Waals surface area contributed by atoms with Gasteiger partial charge >= 0.3 is 5.97 Å². The summed E-state index contributed by atoms with van der Waals surface area (Å²) in [5.74, 6) is 0.0989. The van der Waals surface area contributed by atoms with Crippen molar-refractivity contribution in [1.82, 2.24) is 4.90 Å². The van der Waals surface area contributed by atoms with E-state index >= 15 is 0 Å². The Morgan fingerprint density at radius 1 is 1.21 bits per heavy atom. The Morgan fingerprint density at radius 3 is 2.32 bits per heavy atom. The van der Waals surface area contributed by atoms with E-state index in [1.807, 2.05) is 13.8 Å². The highest BCUT2D eigenvalue weighted by Crippen LogP contribution is 2.35. The van der Waals surface area contributed by atoms with E-state index in [2.05, 4.69) is 25.7 Å². The first-order chi connectivity index (χ1) is 8.69. The zero-order chi connectivity index (χ0) is 14.7. The summed E-state index contributed by atoms with van der Waals surface area (Å²) in [5, 5.41) is 9.39. The summed E-state index contributed by atoms with van der Waals surface area (Å²) in [7, 11) is 0. The average molecular weight is 269 g/mol. The van der Waals surface area contributed by atoms with Crippen molar-refractivity contribution in [3.63, 3.8) is 0 Å². The number of nitrogens with zero attached hydrogens (tertiary/aromatic N) is 1. The number of likely N-dealkylation sites (tertiary alicyclic amines) is 1. The van der Waals surface area contributed by atoms with Crippen molar-refractivity contribution in [3.05, 3.63) is 0 Å². The van der Waals surface area contributed by atoms with Gasteiger partial charge in [-0.1, -0.05) is 27.7 Å². The highest BCUT2D eigenvalue weighted by molar-refractivity contribution is 5.74. The van der Waals surface area contributed by atoms with E-state index < -0.39 is 11.4 Å².